The van der Waals surface area contributed by atoms with E-state index in [1.807, 2.05) is 25.9 Å². The lowest BCUT2D eigenvalue weighted by Crippen LogP contribution is -2.24. The van der Waals surface area contributed by atoms with E-state index < -0.39 is 0 Å². The Balaban J connectivity index is 0. The monoisotopic (exact) mass is 192 g/mol. The van der Waals surface area contributed by atoms with Gasteiger partial charge in [0.25, 0.3) is 0 Å². The number of carbonyl (C=O) groups excluding carboxylic acids is 1. The molecule has 3 nitrogen and oxygen atoms in total. The van der Waals surface area contributed by atoms with Crippen molar-refractivity contribution in [3.63, 3.8) is 0 Å². The first-order valence-corrected chi connectivity index (χ1v) is 3.71. The first-order valence-electron chi connectivity index (χ1n) is 3.71. The molecule has 12 heavy (non-hydrogen) atoms. The number of nitrogens with zero attached hydrogens (tertiary/aromatic N) is 1. The lowest BCUT2D eigenvalue weighted by Gasteiger charge is -2.07. The molecule has 0 rings (SSSR count). The summed E-state index contributed by atoms with van der Waals surface area (Å²) < 4.78 is 0. The SMILES string of the molecule is CCNC(=O)C(C)=CN(C)C.Cl. The van der Waals surface area contributed by atoms with E-state index in [0.29, 0.717) is 6.54 Å². The van der Waals surface area contributed by atoms with Crippen molar-refractivity contribution >= 4 is 18.3 Å². The van der Waals surface area contributed by atoms with E-state index in [1.165, 1.54) is 0 Å². The number of likely N-dealkylation sites (N-methyl/N-ethyl adjacent to an activating group) is 1. The van der Waals surface area contributed by atoms with Gasteiger partial charge in [-0.15, -0.1) is 12.4 Å². The van der Waals surface area contributed by atoms with Gasteiger partial charge < -0.3 is 10.2 Å². The van der Waals surface area contributed by atoms with Gasteiger partial charge in [0.1, 0.15) is 0 Å². The fraction of sp³-hybridized carbons (Fsp3) is 0.625. The standard InChI is InChI=1S/C8H16N2O.ClH/c1-5-9-8(11)7(2)6-10(3)4;/h6H,5H2,1-4H3,(H,9,11);1H. The second-order valence-electron chi connectivity index (χ2n) is 2.64. The van der Waals surface area contributed by atoms with E-state index in [9.17, 15) is 4.79 Å². The zero-order valence-electron chi connectivity index (χ0n) is 8.05. The van der Waals surface area contributed by atoms with E-state index in [1.54, 1.807) is 13.1 Å². The summed E-state index contributed by atoms with van der Waals surface area (Å²) in [6.07, 6.45) is 1.80. The van der Waals surface area contributed by atoms with Crippen LogP contribution >= 0.6 is 12.4 Å². The van der Waals surface area contributed by atoms with Crippen LogP contribution in [0.5, 0.6) is 0 Å². The Hall–Kier alpha value is -0.700. The Labute approximate surface area is 80.2 Å². The maximum atomic E-state index is 11.1. The van der Waals surface area contributed by atoms with E-state index in [0.717, 1.165) is 5.57 Å². The second kappa shape index (κ2) is 6.98. The fourth-order valence-corrected chi connectivity index (χ4v) is 0.746. The van der Waals surface area contributed by atoms with Gasteiger partial charge in [-0.25, -0.2) is 0 Å². The molecule has 72 valence electrons. The largest absolute Gasteiger partial charge is 0.383 e. The fourth-order valence-electron chi connectivity index (χ4n) is 0.746. The van der Waals surface area contributed by atoms with Crippen molar-refractivity contribution < 1.29 is 4.79 Å². The van der Waals surface area contributed by atoms with Crippen LogP contribution in [0.1, 0.15) is 13.8 Å². The molecule has 0 aliphatic carbocycles. The number of amides is 1. The Morgan fingerprint density at radius 1 is 1.50 bits per heavy atom. The van der Waals surface area contributed by atoms with Crippen molar-refractivity contribution in [3.8, 4) is 0 Å². The summed E-state index contributed by atoms with van der Waals surface area (Å²) >= 11 is 0. The molecule has 0 spiro atoms. The smallest absolute Gasteiger partial charge is 0.248 e. The van der Waals surface area contributed by atoms with Crippen molar-refractivity contribution in [1.82, 2.24) is 10.2 Å². The van der Waals surface area contributed by atoms with Crippen molar-refractivity contribution in [2.24, 2.45) is 0 Å². The van der Waals surface area contributed by atoms with Crippen LogP contribution in [0.3, 0.4) is 0 Å². The highest BCUT2D eigenvalue weighted by Gasteiger charge is 2.00. The second-order valence-corrected chi connectivity index (χ2v) is 2.64. The average Bonchev–Trinajstić information content (AvgIpc) is 1.86. The molecular weight excluding hydrogens is 176 g/mol. The molecule has 0 aliphatic rings. The first-order chi connectivity index (χ1) is 5.07. The molecule has 0 bridgehead atoms. The third kappa shape index (κ3) is 6.04. The van der Waals surface area contributed by atoms with Crippen LogP contribution in [0.25, 0.3) is 0 Å². The summed E-state index contributed by atoms with van der Waals surface area (Å²) in [4.78, 5) is 12.9. The Morgan fingerprint density at radius 2 is 2.00 bits per heavy atom. The summed E-state index contributed by atoms with van der Waals surface area (Å²) in [5, 5.41) is 2.72. The highest BCUT2D eigenvalue weighted by Crippen LogP contribution is 1.92. The van der Waals surface area contributed by atoms with Gasteiger partial charge in [0.2, 0.25) is 5.91 Å². The van der Waals surface area contributed by atoms with Crippen LogP contribution in [0.2, 0.25) is 0 Å². The molecule has 0 heterocycles. The Bertz CT molecular complexity index is 166. The number of halogens is 1. The molecule has 0 aromatic heterocycles. The molecule has 0 saturated heterocycles. The normalized spacial score (nSPS) is 10.2. The van der Waals surface area contributed by atoms with E-state index >= 15 is 0 Å². The maximum Gasteiger partial charge on any atom is 0.248 e. The summed E-state index contributed by atoms with van der Waals surface area (Å²) in [5.41, 5.74) is 0.733. The molecular formula is C8H17ClN2O. The number of rotatable bonds is 3. The Kier molecular flexibility index (Phi) is 8.06. The molecule has 1 amide bonds. The molecule has 0 radical (unpaired) electrons. The van der Waals surface area contributed by atoms with Gasteiger partial charge in [-0.2, -0.15) is 0 Å². The molecule has 0 aliphatic heterocycles. The third-order valence-electron chi connectivity index (χ3n) is 1.15. The molecule has 0 unspecified atom stereocenters. The Morgan fingerprint density at radius 3 is 2.33 bits per heavy atom. The van der Waals surface area contributed by atoms with E-state index in [4.69, 9.17) is 0 Å². The van der Waals surface area contributed by atoms with Crippen molar-refractivity contribution in [1.29, 1.82) is 0 Å². The average molecular weight is 193 g/mol. The summed E-state index contributed by atoms with van der Waals surface area (Å²) in [5.74, 6) is 0.00111. The van der Waals surface area contributed by atoms with Gasteiger partial charge in [0.05, 0.1) is 0 Å². The third-order valence-corrected chi connectivity index (χ3v) is 1.15. The lowest BCUT2D eigenvalue weighted by atomic mass is 10.3. The van der Waals surface area contributed by atoms with Crippen LogP contribution in [-0.2, 0) is 4.79 Å². The van der Waals surface area contributed by atoms with Crippen LogP contribution < -0.4 is 5.32 Å². The molecule has 1 N–H and O–H groups in total. The molecule has 0 fully saturated rings. The number of hydrogen-bond donors (Lipinski definition) is 1. The van der Waals surface area contributed by atoms with Gasteiger partial charge in [-0.1, -0.05) is 0 Å². The molecule has 4 heteroatoms. The van der Waals surface area contributed by atoms with Gasteiger partial charge in [-0.3, -0.25) is 4.79 Å². The zero-order valence-corrected chi connectivity index (χ0v) is 8.86. The van der Waals surface area contributed by atoms with Gasteiger partial charge >= 0.3 is 0 Å². The first kappa shape index (κ1) is 13.9. The summed E-state index contributed by atoms with van der Waals surface area (Å²) in [6, 6.07) is 0. The topological polar surface area (TPSA) is 32.3 Å². The van der Waals surface area contributed by atoms with Crippen LogP contribution in [0, 0.1) is 0 Å². The quantitative estimate of drug-likeness (QED) is 0.677. The van der Waals surface area contributed by atoms with Crippen LogP contribution in [-0.4, -0.2) is 31.4 Å². The zero-order chi connectivity index (χ0) is 8.85. The van der Waals surface area contributed by atoms with Crippen molar-refractivity contribution in [2.75, 3.05) is 20.6 Å². The summed E-state index contributed by atoms with van der Waals surface area (Å²) in [7, 11) is 3.78. The van der Waals surface area contributed by atoms with E-state index in [-0.39, 0.29) is 18.3 Å². The highest BCUT2D eigenvalue weighted by atomic mass is 35.5. The predicted molar refractivity (Wildman–Crippen MR) is 53.4 cm³/mol. The molecule has 0 aromatic carbocycles. The van der Waals surface area contributed by atoms with Crippen LogP contribution in [0.15, 0.2) is 11.8 Å². The molecule has 0 aromatic rings. The summed E-state index contributed by atoms with van der Waals surface area (Å²) in [6.45, 7) is 4.38. The number of nitrogens with one attached hydrogen (secondary N) is 1. The van der Waals surface area contributed by atoms with Crippen molar-refractivity contribution in [2.45, 2.75) is 13.8 Å². The van der Waals surface area contributed by atoms with Gasteiger partial charge in [-0.05, 0) is 13.8 Å². The predicted octanol–water partition coefficient (Wildman–Crippen LogP) is 1.01. The highest BCUT2D eigenvalue weighted by molar-refractivity contribution is 5.92. The molecule has 0 atom stereocenters. The maximum absolute atomic E-state index is 11.1. The van der Waals surface area contributed by atoms with Crippen molar-refractivity contribution in [3.05, 3.63) is 11.8 Å². The minimum atomic E-state index is 0. The number of carbonyl (C=O) groups is 1. The lowest BCUT2D eigenvalue weighted by molar-refractivity contribution is -0.117. The number of hydrogen-bond acceptors (Lipinski definition) is 2. The van der Waals surface area contributed by atoms with E-state index in [2.05, 4.69) is 5.32 Å². The van der Waals surface area contributed by atoms with Gasteiger partial charge in [0.15, 0.2) is 0 Å². The molecule has 0 saturated carbocycles. The minimum Gasteiger partial charge on any atom is -0.383 e. The van der Waals surface area contributed by atoms with Gasteiger partial charge in [0, 0.05) is 32.4 Å². The minimum absolute atomic E-state index is 0. The van der Waals surface area contributed by atoms with Crippen LogP contribution in [0.4, 0.5) is 0 Å².